The zero-order valence-electron chi connectivity index (χ0n) is 10.2. The Morgan fingerprint density at radius 1 is 1.24 bits per heavy atom. The highest BCUT2D eigenvalue weighted by Gasteiger charge is 2.06. The van der Waals surface area contributed by atoms with Crippen LogP contribution in [0.15, 0.2) is 30.3 Å². The quantitative estimate of drug-likeness (QED) is 0.838. The third-order valence-electron chi connectivity index (χ3n) is 2.83. The second kappa shape index (κ2) is 4.69. The number of rotatable bonds is 3. The first-order chi connectivity index (χ1) is 8.11. The van der Waals surface area contributed by atoms with E-state index >= 15 is 0 Å². The molecule has 0 bridgehead atoms. The first kappa shape index (κ1) is 11.8. The number of nitrogens with two attached hydrogens (primary N) is 2. The van der Waals surface area contributed by atoms with Gasteiger partial charge in [-0.1, -0.05) is 12.1 Å². The highest BCUT2D eigenvalue weighted by Crippen LogP contribution is 2.15. The highest BCUT2D eigenvalue weighted by molar-refractivity contribution is 5.36. The summed E-state index contributed by atoms with van der Waals surface area (Å²) in [6.45, 7) is 4.49. The van der Waals surface area contributed by atoms with E-state index in [0.717, 1.165) is 22.6 Å². The number of hydrogen-bond donors (Lipinski definition) is 2. The molecule has 0 spiro atoms. The predicted molar refractivity (Wildman–Crippen MR) is 69.0 cm³/mol. The van der Waals surface area contributed by atoms with Crippen LogP contribution in [0.25, 0.3) is 5.69 Å². The van der Waals surface area contributed by atoms with Crippen LogP contribution in [0.3, 0.4) is 0 Å². The zero-order valence-corrected chi connectivity index (χ0v) is 10.2. The Labute approximate surface area is 101 Å². The summed E-state index contributed by atoms with van der Waals surface area (Å²) in [4.78, 5) is 0. The summed E-state index contributed by atoms with van der Waals surface area (Å²) in [5.41, 5.74) is 15.6. The molecule has 1 atom stereocenters. The van der Waals surface area contributed by atoms with E-state index < -0.39 is 0 Å². The third-order valence-corrected chi connectivity index (χ3v) is 2.83. The van der Waals surface area contributed by atoms with Gasteiger partial charge in [-0.25, -0.2) is 4.68 Å². The number of benzene rings is 1. The van der Waals surface area contributed by atoms with Crippen molar-refractivity contribution in [3.05, 3.63) is 47.3 Å². The van der Waals surface area contributed by atoms with Gasteiger partial charge in [-0.05, 0) is 37.6 Å². The molecule has 0 fully saturated rings. The number of aromatic nitrogens is 2. The topological polar surface area (TPSA) is 69.9 Å². The molecule has 90 valence electrons. The molecule has 2 aromatic rings. The molecule has 0 amide bonds. The average Bonchev–Trinajstić information content (AvgIpc) is 2.68. The molecule has 1 aromatic carbocycles. The van der Waals surface area contributed by atoms with E-state index in [1.54, 1.807) is 0 Å². The van der Waals surface area contributed by atoms with Gasteiger partial charge >= 0.3 is 0 Å². The van der Waals surface area contributed by atoms with Gasteiger partial charge in [0.25, 0.3) is 0 Å². The molecule has 4 nitrogen and oxygen atoms in total. The molecule has 0 aliphatic rings. The fourth-order valence-electron chi connectivity index (χ4n) is 1.89. The van der Waals surface area contributed by atoms with Crippen molar-refractivity contribution in [2.75, 3.05) is 6.54 Å². The van der Waals surface area contributed by atoms with Crippen LogP contribution in [0.1, 0.15) is 23.0 Å². The Hall–Kier alpha value is -1.65. The van der Waals surface area contributed by atoms with Crippen LogP contribution in [0.4, 0.5) is 0 Å². The van der Waals surface area contributed by atoms with E-state index in [0.29, 0.717) is 6.54 Å². The molecule has 4 heteroatoms. The van der Waals surface area contributed by atoms with Crippen molar-refractivity contribution in [2.45, 2.75) is 19.9 Å². The molecule has 1 heterocycles. The molecule has 0 saturated heterocycles. The van der Waals surface area contributed by atoms with Gasteiger partial charge in [0.15, 0.2) is 0 Å². The first-order valence-electron chi connectivity index (χ1n) is 5.71. The molecular formula is C13H18N4. The standard InChI is InChI=1S/C13H18N4/c1-9-7-10(2)17(16-9)12-5-3-11(4-6-12)13(15)8-14/h3-7,13H,8,14-15H2,1-2H3/t13-/m0/s1. The minimum absolute atomic E-state index is 0.0931. The fraction of sp³-hybridized carbons (Fsp3) is 0.308. The van der Waals surface area contributed by atoms with Gasteiger partial charge in [0.1, 0.15) is 0 Å². The molecule has 1 aromatic heterocycles. The normalized spacial score (nSPS) is 12.7. The monoisotopic (exact) mass is 230 g/mol. The van der Waals surface area contributed by atoms with Crippen LogP contribution in [0.5, 0.6) is 0 Å². The molecule has 17 heavy (non-hydrogen) atoms. The summed E-state index contributed by atoms with van der Waals surface area (Å²) in [5.74, 6) is 0. The van der Waals surface area contributed by atoms with Gasteiger partial charge in [0.2, 0.25) is 0 Å². The van der Waals surface area contributed by atoms with Gasteiger partial charge in [0.05, 0.1) is 11.4 Å². The van der Waals surface area contributed by atoms with Crippen LogP contribution < -0.4 is 11.5 Å². The summed E-state index contributed by atoms with van der Waals surface area (Å²) in [6.07, 6.45) is 0. The lowest BCUT2D eigenvalue weighted by atomic mass is 10.1. The second-order valence-corrected chi connectivity index (χ2v) is 4.27. The maximum atomic E-state index is 5.87. The largest absolute Gasteiger partial charge is 0.329 e. The molecule has 0 aliphatic heterocycles. The molecule has 0 unspecified atom stereocenters. The number of nitrogens with zero attached hydrogens (tertiary/aromatic N) is 2. The summed E-state index contributed by atoms with van der Waals surface area (Å²) in [7, 11) is 0. The van der Waals surface area contributed by atoms with E-state index in [1.165, 1.54) is 0 Å². The van der Waals surface area contributed by atoms with E-state index in [9.17, 15) is 0 Å². The Kier molecular flexibility index (Phi) is 3.26. The van der Waals surface area contributed by atoms with Gasteiger partial charge in [-0.3, -0.25) is 0 Å². The van der Waals surface area contributed by atoms with E-state index in [2.05, 4.69) is 11.2 Å². The SMILES string of the molecule is Cc1cc(C)n(-c2ccc([C@@H](N)CN)cc2)n1. The molecule has 2 rings (SSSR count). The molecule has 0 aliphatic carbocycles. The van der Waals surface area contributed by atoms with Gasteiger partial charge in [-0.15, -0.1) is 0 Å². The van der Waals surface area contributed by atoms with Crippen molar-refractivity contribution in [2.24, 2.45) is 11.5 Å². The van der Waals surface area contributed by atoms with Crippen molar-refractivity contribution < 1.29 is 0 Å². The number of hydrogen-bond acceptors (Lipinski definition) is 3. The van der Waals surface area contributed by atoms with E-state index in [-0.39, 0.29) is 6.04 Å². The second-order valence-electron chi connectivity index (χ2n) is 4.27. The summed E-state index contributed by atoms with van der Waals surface area (Å²) >= 11 is 0. The lowest BCUT2D eigenvalue weighted by Crippen LogP contribution is -2.20. The highest BCUT2D eigenvalue weighted by atomic mass is 15.3. The molecular weight excluding hydrogens is 212 g/mol. The molecule has 0 radical (unpaired) electrons. The van der Waals surface area contributed by atoms with Gasteiger partial charge in [0, 0.05) is 18.3 Å². The van der Waals surface area contributed by atoms with Gasteiger partial charge in [-0.2, -0.15) is 5.10 Å². The molecule has 4 N–H and O–H groups in total. The smallest absolute Gasteiger partial charge is 0.0648 e. The Bertz CT molecular complexity index is 499. The van der Waals surface area contributed by atoms with Crippen molar-refractivity contribution in [1.82, 2.24) is 9.78 Å². The van der Waals surface area contributed by atoms with E-state index in [1.807, 2.05) is 42.8 Å². The van der Waals surface area contributed by atoms with Crippen LogP contribution in [-0.4, -0.2) is 16.3 Å². The summed E-state index contributed by atoms with van der Waals surface area (Å²) in [5, 5.41) is 4.44. The van der Waals surface area contributed by atoms with E-state index in [4.69, 9.17) is 11.5 Å². The van der Waals surface area contributed by atoms with Crippen molar-refractivity contribution in [3.63, 3.8) is 0 Å². The zero-order chi connectivity index (χ0) is 12.4. The lowest BCUT2D eigenvalue weighted by Gasteiger charge is -2.10. The van der Waals surface area contributed by atoms with Crippen LogP contribution in [0, 0.1) is 13.8 Å². The minimum Gasteiger partial charge on any atom is -0.329 e. The Morgan fingerprint density at radius 3 is 2.35 bits per heavy atom. The maximum Gasteiger partial charge on any atom is 0.0648 e. The van der Waals surface area contributed by atoms with Crippen LogP contribution in [-0.2, 0) is 0 Å². The predicted octanol–water partition coefficient (Wildman–Crippen LogP) is 1.45. The number of aryl methyl sites for hydroxylation is 2. The van der Waals surface area contributed by atoms with Crippen LogP contribution >= 0.6 is 0 Å². The Balaban J connectivity index is 2.32. The fourth-order valence-corrected chi connectivity index (χ4v) is 1.89. The third kappa shape index (κ3) is 2.38. The van der Waals surface area contributed by atoms with Crippen molar-refractivity contribution in [3.8, 4) is 5.69 Å². The average molecular weight is 230 g/mol. The summed E-state index contributed by atoms with van der Waals surface area (Å²) in [6, 6.07) is 10.0. The minimum atomic E-state index is -0.0931. The van der Waals surface area contributed by atoms with Crippen molar-refractivity contribution >= 4 is 0 Å². The van der Waals surface area contributed by atoms with Crippen molar-refractivity contribution in [1.29, 1.82) is 0 Å². The summed E-state index contributed by atoms with van der Waals surface area (Å²) < 4.78 is 1.92. The maximum absolute atomic E-state index is 5.87. The Morgan fingerprint density at radius 2 is 1.88 bits per heavy atom. The van der Waals surface area contributed by atoms with Gasteiger partial charge < -0.3 is 11.5 Å². The van der Waals surface area contributed by atoms with Crippen LogP contribution in [0.2, 0.25) is 0 Å². The molecule has 0 saturated carbocycles. The first-order valence-corrected chi connectivity index (χ1v) is 5.71. The lowest BCUT2D eigenvalue weighted by molar-refractivity contribution is 0.735.